The normalized spacial score (nSPS) is 15.4. The lowest BCUT2D eigenvalue weighted by atomic mass is 10.1. The maximum absolute atomic E-state index is 13.8. The Bertz CT molecular complexity index is 597. The molecule has 1 aromatic rings. The average Bonchev–Trinajstić information content (AvgIpc) is 2.68. The fraction of sp³-hybridized carbons (Fsp3) is 0.650. The molecule has 0 saturated carbocycles. The largest absolute Gasteiger partial charge is 0.385 e. The first-order valence-corrected chi connectivity index (χ1v) is 9.72. The lowest BCUT2D eigenvalue weighted by molar-refractivity contribution is 0.00991. The van der Waals surface area contributed by atoms with Crippen LogP contribution in [-0.4, -0.2) is 63.5 Å². The Labute approximate surface area is 183 Å². The number of ether oxygens (including phenoxy) is 2. The smallest absolute Gasteiger partial charge is 0.193 e. The highest BCUT2D eigenvalue weighted by atomic mass is 127. The van der Waals surface area contributed by atoms with Gasteiger partial charge in [-0.2, -0.15) is 0 Å². The minimum atomic E-state index is -0.809. The summed E-state index contributed by atoms with van der Waals surface area (Å²) in [7, 11) is 1.70. The Morgan fingerprint density at radius 3 is 2.68 bits per heavy atom. The Morgan fingerprint density at radius 1 is 1.25 bits per heavy atom. The lowest BCUT2D eigenvalue weighted by Gasteiger charge is -2.34. The minimum Gasteiger partial charge on any atom is -0.385 e. The summed E-state index contributed by atoms with van der Waals surface area (Å²) >= 11 is 0. The number of halogens is 3. The van der Waals surface area contributed by atoms with Crippen LogP contribution in [0.15, 0.2) is 23.2 Å². The van der Waals surface area contributed by atoms with Crippen molar-refractivity contribution in [1.29, 1.82) is 0 Å². The molecule has 0 unspecified atom stereocenters. The van der Waals surface area contributed by atoms with Gasteiger partial charge in [-0.25, -0.2) is 8.78 Å². The van der Waals surface area contributed by atoms with Gasteiger partial charge in [-0.3, -0.25) is 4.99 Å². The Balaban J connectivity index is 0.00000392. The summed E-state index contributed by atoms with van der Waals surface area (Å²) in [5.41, 5.74) is 0.359. The maximum Gasteiger partial charge on any atom is 0.193 e. The van der Waals surface area contributed by atoms with Gasteiger partial charge in [-0.15, -0.1) is 24.0 Å². The fourth-order valence-corrected chi connectivity index (χ4v) is 3.14. The Hall–Kier alpha value is -1.00. The number of benzene rings is 1. The molecule has 160 valence electrons. The van der Waals surface area contributed by atoms with Crippen LogP contribution in [-0.2, 0) is 15.9 Å². The van der Waals surface area contributed by atoms with Crippen molar-refractivity contribution in [2.75, 3.05) is 46.5 Å². The molecule has 0 aromatic heterocycles. The second-order valence-corrected chi connectivity index (χ2v) is 6.60. The molecule has 8 heteroatoms. The standard InChI is InChI=1S/C20H31F2N3O2.HI/c1-3-23-20(24-11-8-16-6-4-7-18(21)19(16)22)25-12-9-17(10-13-25)27-15-5-14-26-2;/h4,6-7,17H,3,5,8-15H2,1-2H3,(H,23,24);1H. The molecule has 28 heavy (non-hydrogen) atoms. The molecule has 1 saturated heterocycles. The van der Waals surface area contributed by atoms with Crippen molar-refractivity contribution >= 4 is 29.9 Å². The summed E-state index contributed by atoms with van der Waals surface area (Å²) in [4.78, 5) is 6.81. The fourth-order valence-electron chi connectivity index (χ4n) is 3.14. The van der Waals surface area contributed by atoms with E-state index < -0.39 is 11.6 Å². The molecule has 0 atom stereocenters. The van der Waals surface area contributed by atoms with E-state index in [1.54, 1.807) is 13.2 Å². The first-order valence-electron chi connectivity index (χ1n) is 9.72. The highest BCUT2D eigenvalue weighted by Crippen LogP contribution is 2.15. The maximum atomic E-state index is 13.8. The van der Waals surface area contributed by atoms with Gasteiger partial charge in [0, 0.05) is 46.5 Å². The summed E-state index contributed by atoms with van der Waals surface area (Å²) in [6, 6.07) is 4.26. The second-order valence-electron chi connectivity index (χ2n) is 6.60. The third-order valence-electron chi connectivity index (χ3n) is 4.60. The van der Waals surface area contributed by atoms with Crippen molar-refractivity contribution in [3.63, 3.8) is 0 Å². The predicted molar refractivity (Wildman–Crippen MR) is 118 cm³/mol. The molecule has 0 amide bonds. The predicted octanol–water partition coefficient (Wildman–Crippen LogP) is 3.61. The van der Waals surface area contributed by atoms with Crippen LogP contribution in [0.25, 0.3) is 0 Å². The van der Waals surface area contributed by atoms with E-state index in [0.29, 0.717) is 18.5 Å². The molecule has 0 spiro atoms. The molecule has 1 N–H and O–H groups in total. The monoisotopic (exact) mass is 511 g/mol. The molecular weight excluding hydrogens is 479 g/mol. The van der Waals surface area contributed by atoms with Crippen molar-refractivity contribution in [2.45, 2.75) is 38.7 Å². The number of guanidine groups is 1. The van der Waals surface area contributed by atoms with Crippen LogP contribution in [0.5, 0.6) is 0 Å². The van der Waals surface area contributed by atoms with Crippen molar-refractivity contribution in [3.8, 4) is 0 Å². The molecule has 1 aliphatic rings. The summed E-state index contributed by atoms with van der Waals surface area (Å²) in [5, 5.41) is 3.29. The molecular formula is C20H32F2IN3O2. The number of piperidine rings is 1. The van der Waals surface area contributed by atoms with Crippen molar-refractivity contribution in [2.24, 2.45) is 4.99 Å². The third kappa shape index (κ3) is 8.16. The number of nitrogens with zero attached hydrogens (tertiary/aromatic N) is 2. The molecule has 1 aromatic carbocycles. The van der Waals surface area contributed by atoms with E-state index in [9.17, 15) is 8.78 Å². The van der Waals surface area contributed by atoms with Gasteiger partial charge in [0.05, 0.1) is 6.10 Å². The van der Waals surface area contributed by atoms with Gasteiger partial charge < -0.3 is 19.7 Å². The number of likely N-dealkylation sites (tertiary alicyclic amines) is 1. The summed E-state index contributed by atoms with van der Waals surface area (Å²) in [5.74, 6) is -0.757. The number of hydrogen-bond donors (Lipinski definition) is 1. The van der Waals surface area contributed by atoms with E-state index in [0.717, 1.165) is 64.1 Å². The zero-order valence-corrected chi connectivity index (χ0v) is 19.1. The molecule has 1 fully saturated rings. The van der Waals surface area contributed by atoms with Gasteiger partial charge in [0.2, 0.25) is 0 Å². The zero-order valence-electron chi connectivity index (χ0n) is 16.8. The average molecular weight is 511 g/mol. The van der Waals surface area contributed by atoms with E-state index in [1.807, 2.05) is 6.92 Å². The number of aliphatic imine (C=N–C) groups is 1. The van der Waals surface area contributed by atoms with Crippen molar-refractivity contribution < 1.29 is 18.3 Å². The quantitative estimate of drug-likeness (QED) is 0.238. The Morgan fingerprint density at radius 2 is 2.00 bits per heavy atom. The highest BCUT2D eigenvalue weighted by Gasteiger charge is 2.21. The van der Waals surface area contributed by atoms with Gasteiger partial charge in [0.25, 0.3) is 0 Å². The van der Waals surface area contributed by atoms with Gasteiger partial charge in [-0.1, -0.05) is 12.1 Å². The highest BCUT2D eigenvalue weighted by molar-refractivity contribution is 14.0. The van der Waals surface area contributed by atoms with Crippen LogP contribution in [0.4, 0.5) is 8.78 Å². The van der Waals surface area contributed by atoms with Gasteiger partial charge in [0.1, 0.15) is 0 Å². The van der Waals surface area contributed by atoms with E-state index in [2.05, 4.69) is 15.2 Å². The molecule has 0 bridgehead atoms. The molecule has 1 aliphatic heterocycles. The van der Waals surface area contributed by atoms with Crippen molar-refractivity contribution in [1.82, 2.24) is 10.2 Å². The van der Waals surface area contributed by atoms with Crippen molar-refractivity contribution in [3.05, 3.63) is 35.4 Å². The van der Waals surface area contributed by atoms with Crippen LogP contribution < -0.4 is 5.32 Å². The van der Waals surface area contributed by atoms with Crippen LogP contribution in [0.1, 0.15) is 31.7 Å². The molecule has 0 radical (unpaired) electrons. The number of hydrogen-bond acceptors (Lipinski definition) is 3. The number of rotatable bonds is 9. The first kappa shape index (κ1) is 25.0. The summed E-state index contributed by atoms with van der Waals surface area (Å²) < 4.78 is 38.0. The molecule has 0 aliphatic carbocycles. The first-order chi connectivity index (χ1) is 13.2. The molecule has 2 rings (SSSR count). The summed E-state index contributed by atoms with van der Waals surface area (Å²) in [6.45, 7) is 6.39. The zero-order chi connectivity index (χ0) is 19.5. The van der Waals surface area contributed by atoms with Gasteiger partial charge in [-0.05, 0) is 44.2 Å². The van der Waals surface area contributed by atoms with Gasteiger partial charge >= 0.3 is 0 Å². The van der Waals surface area contributed by atoms with E-state index in [4.69, 9.17) is 9.47 Å². The topological polar surface area (TPSA) is 46.1 Å². The number of methoxy groups -OCH3 is 1. The van der Waals surface area contributed by atoms with Crippen LogP contribution in [0.3, 0.4) is 0 Å². The van der Waals surface area contributed by atoms with Crippen LogP contribution in [0, 0.1) is 11.6 Å². The van der Waals surface area contributed by atoms with E-state index in [1.165, 1.54) is 6.07 Å². The summed E-state index contributed by atoms with van der Waals surface area (Å²) in [6.07, 6.45) is 3.48. The number of nitrogens with one attached hydrogen (secondary N) is 1. The molecule has 1 heterocycles. The van der Waals surface area contributed by atoms with Crippen LogP contribution in [0.2, 0.25) is 0 Å². The lowest BCUT2D eigenvalue weighted by Crippen LogP contribution is -2.47. The van der Waals surface area contributed by atoms with E-state index in [-0.39, 0.29) is 30.1 Å². The van der Waals surface area contributed by atoms with E-state index >= 15 is 0 Å². The van der Waals surface area contributed by atoms with Crippen LogP contribution >= 0.6 is 24.0 Å². The minimum absolute atomic E-state index is 0. The molecule has 5 nitrogen and oxygen atoms in total. The SMILES string of the molecule is CCNC(=NCCc1cccc(F)c1F)N1CCC(OCCCOC)CC1.I. The second kappa shape index (κ2) is 14.1. The van der Waals surface area contributed by atoms with Gasteiger partial charge in [0.15, 0.2) is 17.6 Å². The third-order valence-corrected chi connectivity index (χ3v) is 4.60. The Kier molecular flexibility index (Phi) is 12.6.